The SMILES string of the molecule is CC1(CNC(=O)C(Cc2ccccc2)NC(=O)c2ccco2)CCNCC1.Cl. The summed E-state index contributed by atoms with van der Waals surface area (Å²) in [6.07, 6.45) is 3.92. The van der Waals surface area contributed by atoms with Gasteiger partial charge in [0.15, 0.2) is 5.76 Å². The van der Waals surface area contributed by atoms with Crippen molar-refractivity contribution < 1.29 is 14.0 Å². The highest BCUT2D eigenvalue weighted by Gasteiger charge is 2.29. The molecule has 1 aliphatic rings. The van der Waals surface area contributed by atoms with Crippen LogP contribution in [0.15, 0.2) is 53.1 Å². The maximum Gasteiger partial charge on any atom is 0.287 e. The van der Waals surface area contributed by atoms with Crippen LogP contribution in [0, 0.1) is 5.41 Å². The van der Waals surface area contributed by atoms with E-state index in [2.05, 4.69) is 22.9 Å². The first-order valence-corrected chi connectivity index (χ1v) is 9.42. The van der Waals surface area contributed by atoms with Crippen LogP contribution in [0.1, 0.15) is 35.9 Å². The van der Waals surface area contributed by atoms with E-state index in [0.717, 1.165) is 31.5 Å². The Hall–Kier alpha value is -2.31. The van der Waals surface area contributed by atoms with E-state index in [0.29, 0.717) is 13.0 Å². The minimum atomic E-state index is -0.657. The number of furan rings is 1. The molecule has 3 rings (SSSR count). The molecule has 1 aliphatic heterocycles. The van der Waals surface area contributed by atoms with Gasteiger partial charge in [0.05, 0.1) is 6.26 Å². The predicted octanol–water partition coefficient (Wildman–Crippen LogP) is 2.55. The molecular weight excluding hydrogens is 378 g/mol. The fourth-order valence-electron chi connectivity index (χ4n) is 3.33. The Labute approximate surface area is 171 Å². The lowest BCUT2D eigenvalue weighted by Crippen LogP contribution is -2.51. The third-order valence-corrected chi connectivity index (χ3v) is 5.15. The Morgan fingerprint density at radius 1 is 1.14 bits per heavy atom. The maximum absolute atomic E-state index is 12.9. The van der Waals surface area contributed by atoms with E-state index in [-0.39, 0.29) is 35.4 Å². The number of hydrogen-bond donors (Lipinski definition) is 3. The van der Waals surface area contributed by atoms with Gasteiger partial charge in [-0.3, -0.25) is 9.59 Å². The third-order valence-electron chi connectivity index (χ3n) is 5.15. The van der Waals surface area contributed by atoms with E-state index in [1.54, 1.807) is 12.1 Å². The number of halogens is 1. The van der Waals surface area contributed by atoms with Gasteiger partial charge < -0.3 is 20.4 Å². The molecule has 1 fully saturated rings. The Kier molecular flexibility index (Phi) is 8.08. The highest BCUT2D eigenvalue weighted by atomic mass is 35.5. The van der Waals surface area contributed by atoms with Gasteiger partial charge in [0, 0.05) is 13.0 Å². The molecule has 0 saturated carbocycles. The van der Waals surface area contributed by atoms with Crippen LogP contribution in [0.25, 0.3) is 0 Å². The van der Waals surface area contributed by atoms with E-state index in [4.69, 9.17) is 4.42 Å². The Bertz CT molecular complexity index is 744. The van der Waals surface area contributed by atoms with Crippen LogP contribution in [-0.4, -0.2) is 37.5 Å². The standard InChI is InChI=1S/C21H27N3O3.ClH/c1-21(9-11-22-12-10-21)15-23-19(25)17(14-16-6-3-2-4-7-16)24-20(26)18-8-5-13-27-18;/h2-8,13,17,22H,9-12,14-15H2,1H3,(H,23,25)(H,24,26);1H. The smallest absolute Gasteiger partial charge is 0.287 e. The van der Waals surface area contributed by atoms with Crippen LogP contribution < -0.4 is 16.0 Å². The predicted molar refractivity (Wildman–Crippen MR) is 111 cm³/mol. The normalized spacial score (nSPS) is 16.5. The van der Waals surface area contributed by atoms with Gasteiger partial charge in [-0.15, -0.1) is 12.4 Å². The molecule has 1 aromatic carbocycles. The van der Waals surface area contributed by atoms with E-state index in [1.807, 2.05) is 30.3 Å². The Balaban J connectivity index is 0.00000280. The highest BCUT2D eigenvalue weighted by molar-refractivity contribution is 5.95. The lowest BCUT2D eigenvalue weighted by molar-refractivity contribution is -0.123. The summed E-state index contributed by atoms with van der Waals surface area (Å²) in [5.41, 5.74) is 1.08. The van der Waals surface area contributed by atoms with Crippen molar-refractivity contribution in [2.75, 3.05) is 19.6 Å². The zero-order valence-corrected chi connectivity index (χ0v) is 16.9. The molecule has 2 heterocycles. The first-order chi connectivity index (χ1) is 13.1. The molecule has 6 nitrogen and oxygen atoms in total. The van der Waals surface area contributed by atoms with Crippen molar-refractivity contribution in [3.05, 3.63) is 60.1 Å². The fourth-order valence-corrected chi connectivity index (χ4v) is 3.33. The number of benzene rings is 1. The number of nitrogens with one attached hydrogen (secondary N) is 3. The summed E-state index contributed by atoms with van der Waals surface area (Å²) in [5, 5.41) is 9.21. The summed E-state index contributed by atoms with van der Waals surface area (Å²) >= 11 is 0. The van der Waals surface area contributed by atoms with Crippen molar-refractivity contribution in [2.45, 2.75) is 32.2 Å². The van der Waals surface area contributed by atoms with E-state index in [1.165, 1.54) is 6.26 Å². The molecule has 2 aromatic rings. The van der Waals surface area contributed by atoms with Crippen LogP contribution >= 0.6 is 12.4 Å². The van der Waals surface area contributed by atoms with Crippen LogP contribution in [0.2, 0.25) is 0 Å². The van der Waals surface area contributed by atoms with Crippen molar-refractivity contribution in [1.29, 1.82) is 0 Å². The molecule has 1 saturated heterocycles. The number of piperidine rings is 1. The van der Waals surface area contributed by atoms with Gasteiger partial charge >= 0.3 is 0 Å². The molecule has 1 unspecified atom stereocenters. The molecule has 1 aromatic heterocycles. The zero-order valence-electron chi connectivity index (χ0n) is 16.1. The minimum absolute atomic E-state index is 0. The van der Waals surface area contributed by atoms with Crippen molar-refractivity contribution in [2.24, 2.45) is 5.41 Å². The van der Waals surface area contributed by atoms with Gasteiger partial charge in [0.2, 0.25) is 5.91 Å². The summed E-state index contributed by atoms with van der Waals surface area (Å²) < 4.78 is 5.15. The number of rotatable bonds is 7. The summed E-state index contributed by atoms with van der Waals surface area (Å²) in [7, 11) is 0. The number of carbonyl (C=O) groups is 2. The maximum atomic E-state index is 12.9. The topological polar surface area (TPSA) is 83.4 Å². The monoisotopic (exact) mass is 405 g/mol. The summed E-state index contributed by atoms with van der Waals surface area (Å²) in [5.74, 6) is -0.353. The number of hydrogen-bond acceptors (Lipinski definition) is 4. The van der Waals surface area contributed by atoms with Gasteiger partial charge in [0.1, 0.15) is 6.04 Å². The minimum Gasteiger partial charge on any atom is -0.459 e. The van der Waals surface area contributed by atoms with Crippen molar-refractivity contribution >= 4 is 24.2 Å². The van der Waals surface area contributed by atoms with Gasteiger partial charge in [0.25, 0.3) is 5.91 Å². The fraction of sp³-hybridized carbons (Fsp3) is 0.429. The number of carbonyl (C=O) groups excluding carboxylic acids is 2. The molecule has 7 heteroatoms. The molecule has 28 heavy (non-hydrogen) atoms. The second kappa shape index (κ2) is 10.3. The van der Waals surface area contributed by atoms with Crippen LogP contribution in [0.5, 0.6) is 0 Å². The molecule has 0 bridgehead atoms. The van der Waals surface area contributed by atoms with Gasteiger partial charge in [-0.05, 0) is 49.0 Å². The van der Waals surface area contributed by atoms with Gasteiger partial charge in [-0.2, -0.15) is 0 Å². The van der Waals surface area contributed by atoms with Gasteiger partial charge in [-0.1, -0.05) is 37.3 Å². The second-order valence-electron chi connectivity index (χ2n) is 7.47. The molecule has 0 radical (unpaired) electrons. The first-order valence-electron chi connectivity index (χ1n) is 9.42. The van der Waals surface area contributed by atoms with Crippen LogP contribution in [0.4, 0.5) is 0 Å². The zero-order chi connectivity index (χ0) is 19.1. The Morgan fingerprint density at radius 2 is 1.86 bits per heavy atom. The van der Waals surface area contributed by atoms with Crippen molar-refractivity contribution in [3.8, 4) is 0 Å². The molecule has 3 N–H and O–H groups in total. The quantitative estimate of drug-likeness (QED) is 0.661. The molecule has 0 aliphatic carbocycles. The summed E-state index contributed by atoms with van der Waals surface area (Å²) in [6, 6.07) is 12.3. The summed E-state index contributed by atoms with van der Waals surface area (Å²) in [6.45, 7) is 4.74. The van der Waals surface area contributed by atoms with Gasteiger partial charge in [-0.25, -0.2) is 0 Å². The van der Waals surface area contributed by atoms with E-state index >= 15 is 0 Å². The van der Waals surface area contributed by atoms with Crippen molar-refractivity contribution in [1.82, 2.24) is 16.0 Å². The second-order valence-corrected chi connectivity index (χ2v) is 7.47. The van der Waals surface area contributed by atoms with Crippen LogP contribution in [0.3, 0.4) is 0 Å². The average Bonchev–Trinajstić information content (AvgIpc) is 3.22. The van der Waals surface area contributed by atoms with E-state index in [9.17, 15) is 9.59 Å². The molecular formula is C21H28ClN3O3. The lowest BCUT2D eigenvalue weighted by atomic mass is 9.81. The molecule has 152 valence electrons. The van der Waals surface area contributed by atoms with Crippen molar-refractivity contribution in [3.63, 3.8) is 0 Å². The third kappa shape index (κ3) is 6.11. The average molecular weight is 406 g/mol. The molecule has 0 spiro atoms. The van der Waals surface area contributed by atoms with Crippen LogP contribution in [-0.2, 0) is 11.2 Å². The number of amides is 2. The first kappa shape index (κ1) is 22.0. The Morgan fingerprint density at radius 3 is 2.50 bits per heavy atom. The van der Waals surface area contributed by atoms with E-state index < -0.39 is 6.04 Å². The largest absolute Gasteiger partial charge is 0.459 e. The molecule has 2 amide bonds. The summed E-state index contributed by atoms with van der Waals surface area (Å²) in [4.78, 5) is 25.3. The molecule has 1 atom stereocenters. The highest BCUT2D eigenvalue weighted by Crippen LogP contribution is 2.26. The lowest BCUT2D eigenvalue weighted by Gasteiger charge is -2.34.